The fraction of sp³-hybridized carbons (Fsp3) is 0.0833. The van der Waals surface area contributed by atoms with Gasteiger partial charge in [0.2, 0.25) is 0 Å². The number of carboxylic acids is 2. The molecule has 4 N–H and O–H groups in total. The van der Waals surface area contributed by atoms with Crippen molar-refractivity contribution in [2.45, 2.75) is 0 Å². The van der Waals surface area contributed by atoms with E-state index in [1.165, 1.54) is 0 Å². The smallest absolute Gasteiger partial charge is 0.414 e. The number of benzene rings is 1. The lowest BCUT2D eigenvalue weighted by Gasteiger charge is -2.03. The number of hydrogen-bond acceptors (Lipinski definition) is 5. The maximum atomic E-state index is 9.10. The van der Waals surface area contributed by atoms with Gasteiger partial charge in [-0.25, -0.2) is 9.59 Å². The Kier molecular flexibility index (Phi) is 4.64. The van der Waals surface area contributed by atoms with Gasteiger partial charge in [0.15, 0.2) is 0 Å². The second kappa shape index (κ2) is 6.20. The van der Waals surface area contributed by atoms with E-state index in [0.717, 1.165) is 22.3 Å². The number of aliphatic carboxylic acids is 2. The zero-order valence-electron chi connectivity index (χ0n) is 10.0. The standard InChI is InChI=1S/C10H10N2O.C2H2O4/c1-13-7-2-3-10-8(6-7)9(11)4-5-12-10;3-1(4)2(5)6/h2-6H,1H3,(H2,11,12);(H,3,4)(H,5,6). The largest absolute Gasteiger partial charge is 0.497 e. The van der Waals surface area contributed by atoms with Crippen LogP contribution in [0.1, 0.15) is 0 Å². The van der Waals surface area contributed by atoms with Crippen LogP contribution in [-0.4, -0.2) is 34.2 Å². The lowest BCUT2D eigenvalue weighted by molar-refractivity contribution is -0.159. The lowest BCUT2D eigenvalue weighted by Crippen LogP contribution is -2.09. The minimum atomic E-state index is -1.82. The topological polar surface area (TPSA) is 123 Å². The van der Waals surface area contributed by atoms with Gasteiger partial charge in [-0.3, -0.25) is 4.98 Å². The van der Waals surface area contributed by atoms with Crippen molar-refractivity contribution in [3.05, 3.63) is 30.5 Å². The third-order valence-electron chi connectivity index (χ3n) is 2.17. The molecule has 0 aliphatic heterocycles. The summed E-state index contributed by atoms with van der Waals surface area (Å²) in [4.78, 5) is 22.4. The molecule has 100 valence electrons. The molecule has 0 saturated carbocycles. The Morgan fingerprint density at radius 1 is 1.21 bits per heavy atom. The van der Waals surface area contributed by atoms with E-state index < -0.39 is 11.9 Å². The van der Waals surface area contributed by atoms with Crippen LogP contribution in [0, 0.1) is 0 Å². The molecule has 0 aliphatic carbocycles. The van der Waals surface area contributed by atoms with Crippen LogP contribution in [-0.2, 0) is 9.59 Å². The van der Waals surface area contributed by atoms with E-state index in [-0.39, 0.29) is 0 Å². The van der Waals surface area contributed by atoms with Gasteiger partial charge in [-0.05, 0) is 24.3 Å². The van der Waals surface area contributed by atoms with Gasteiger partial charge in [-0.15, -0.1) is 0 Å². The molecule has 0 amide bonds. The summed E-state index contributed by atoms with van der Waals surface area (Å²) in [5.74, 6) is -2.85. The number of nitrogens with zero attached hydrogens (tertiary/aromatic N) is 1. The maximum absolute atomic E-state index is 9.10. The van der Waals surface area contributed by atoms with Gasteiger partial charge < -0.3 is 20.7 Å². The molecule has 0 aliphatic rings. The van der Waals surface area contributed by atoms with Crippen molar-refractivity contribution < 1.29 is 24.5 Å². The van der Waals surface area contributed by atoms with E-state index in [9.17, 15) is 0 Å². The number of anilines is 1. The predicted octanol–water partition coefficient (Wildman–Crippen LogP) is 0.981. The highest BCUT2D eigenvalue weighted by atomic mass is 16.5. The monoisotopic (exact) mass is 264 g/mol. The predicted molar refractivity (Wildman–Crippen MR) is 68.0 cm³/mol. The zero-order valence-corrected chi connectivity index (χ0v) is 10.0. The van der Waals surface area contributed by atoms with Gasteiger partial charge in [-0.2, -0.15) is 0 Å². The molecular weight excluding hydrogens is 252 g/mol. The number of carbonyl (C=O) groups is 2. The molecule has 0 fully saturated rings. The van der Waals surface area contributed by atoms with E-state index in [1.54, 1.807) is 19.4 Å². The Labute approximate surface area is 108 Å². The molecule has 1 aromatic carbocycles. The number of nitrogens with two attached hydrogens (primary N) is 1. The number of rotatable bonds is 1. The molecule has 1 heterocycles. The molecule has 2 rings (SSSR count). The molecule has 0 unspecified atom stereocenters. The first-order chi connectivity index (χ1) is 8.95. The summed E-state index contributed by atoms with van der Waals surface area (Å²) in [5.41, 5.74) is 7.40. The van der Waals surface area contributed by atoms with Gasteiger partial charge in [0.1, 0.15) is 5.75 Å². The minimum Gasteiger partial charge on any atom is -0.497 e. The van der Waals surface area contributed by atoms with Crippen LogP contribution >= 0.6 is 0 Å². The lowest BCUT2D eigenvalue weighted by atomic mass is 10.2. The van der Waals surface area contributed by atoms with E-state index in [2.05, 4.69) is 4.98 Å². The molecule has 7 nitrogen and oxygen atoms in total. The van der Waals surface area contributed by atoms with Crippen molar-refractivity contribution in [1.29, 1.82) is 0 Å². The Morgan fingerprint density at radius 2 is 1.84 bits per heavy atom. The third kappa shape index (κ3) is 3.84. The van der Waals surface area contributed by atoms with Crippen molar-refractivity contribution in [2.24, 2.45) is 0 Å². The van der Waals surface area contributed by atoms with Crippen LogP contribution in [0.15, 0.2) is 30.5 Å². The summed E-state index contributed by atoms with van der Waals surface area (Å²) in [5, 5.41) is 15.7. The number of nitrogen functional groups attached to an aromatic ring is 1. The number of ether oxygens (including phenoxy) is 1. The first-order valence-corrected chi connectivity index (χ1v) is 5.10. The van der Waals surface area contributed by atoms with Crippen LogP contribution in [0.25, 0.3) is 10.9 Å². The summed E-state index contributed by atoms with van der Waals surface area (Å²) in [6, 6.07) is 7.43. The third-order valence-corrected chi connectivity index (χ3v) is 2.17. The van der Waals surface area contributed by atoms with Crippen molar-refractivity contribution in [3.8, 4) is 5.75 Å². The molecule has 2 aromatic rings. The number of carboxylic acid groups (broad SMARTS) is 2. The first kappa shape index (κ1) is 14.2. The number of fused-ring (bicyclic) bond motifs is 1. The van der Waals surface area contributed by atoms with Gasteiger partial charge in [-0.1, -0.05) is 0 Å². The highest BCUT2D eigenvalue weighted by molar-refractivity contribution is 6.27. The number of aromatic nitrogens is 1. The van der Waals surface area contributed by atoms with Crippen LogP contribution < -0.4 is 10.5 Å². The molecule has 1 aromatic heterocycles. The Bertz CT molecular complexity index is 600. The van der Waals surface area contributed by atoms with Crippen LogP contribution in [0.2, 0.25) is 0 Å². The SMILES string of the molecule is COc1ccc2nccc(N)c2c1.O=C(O)C(=O)O. The summed E-state index contributed by atoms with van der Waals surface area (Å²) < 4.78 is 5.09. The number of pyridine rings is 1. The molecule has 0 spiro atoms. The van der Waals surface area contributed by atoms with Crippen molar-refractivity contribution in [1.82, 2.24) is 4.98 Å². The fourth-order valence-electron chi connectivity index (χ4n) is 1.27. The highest BCUT2D eigenvalue weighted by Gasteiger charge is 2.04. The van der Waals surface area contributed by atoms with E-state index in [4.69, 9.17) is 30.3 Å². The Morgan fingerprint density at radius 3 is 2.37 bits per heavy atom. The number of methoxy groups -OCH3 is 1. The van der Waals surface area contributed by atoms with Crippen molar-refractivity contribution >= 4 is 28.5 Å². The van der Waals surface area contributed by atoms with Gasteiger partial charge in [0.25, 0.3) is 0 Å². The Balaban J connectivity index is 0.000000258. The second-order valence-electron chi connectivity index (χ2n) is 3.39. The summed E-state index contributed by atoms with van der Waals surface area (Å²) in [7, 11) is 1.63. The van der Waals surface area contributed by atoms with Gasteiger partial charge in [0.05, 0.1) is 12.6 Å². The maximum Gasteiger partial charge on any atom is 0.414 e. The summed E-state index contributed by atoms with van der Waals surface area (Å²) in [6.07, 6.45) is 1.70. The van der Waals surface area contributed by atoms with Crippen LogP contribution in [0.5, 0.6) is 5.75 Å². The molecule has 0 saturated heterocycles. The molecule has 19 heavy (non-hydrogen) atoms. The number of hydrogen-bond donors (Lipinski definition) is 3. The van der Waals surface area contributed by atoms with E-state index in [0.29, 0.717) is 0 Å². The summed E-state index contributed by atoms with van der Waals surface area (Å²) >= 11 is 0. The molecule has 0 bridgehead atoms. The van der Waals surface area contributed by atoms with Crippen LogP contribution in [0.3, 0.4) is 0 Å². The molecule has 0 atom stereocenters. The van der Waals surface area contributed by atoms with Gasteiger partial charge in [0, 0.05) is 17.3 Å². The van der Waals surface area contributed by atoms with Crippen LogP contribution in [0.4, 0.5) is 5.69 Å². The molecule has 0 radical (unpaired) electrons. The average molecular weight is 264 g/mol. The summed E-state index contributed by atoms with van der Waals surface area (Å²) in [6.45, 7) is 0. The van der Waals surface area contributed by atoms with Crippen molar-refractivity contribution in [2.75, 3.05) is 12.8 Å². The normalized spacial score (nSPS) is 9.32. The minimum absolute atomic E-state index is 0.726. The van der Waals surface area contributed by atoms with Gasteiger partial charge >= 0.3 is 11.9 Å². The fourth-order valence-corrected chi connectivity index (χ4v) is 1.27. The zero-order chi connectivity index (χ0) is 14.4. The second-order valence-corrected chi connectivity index (χ2v) is 3.39. The first-order valence-electron chi connectivity index (χ1n) is 5.10. The molecule has 7 heteroatoms. The van der Waals surface area contributed by atoms with Crippen molar-refractivity contribution in [3.63, 3.8) is 0 Å². The van der Waals surface area contributed by atoms with E-state index >= 15 is 0 Å². The average Bonchev–Trinajstić information content (AvgIpc) is 2.39. The molecular formula is C12H12N2O5. The Hall–Kier alpha value is -2.83. The quantitative estimate of drug-likeness (QED) is 0.656. The van der Waals surface area contributed by atoms with E-state index in [1.807, 2.05) is 18.2 Å². The highest BCUT2D eigenvalue weighted by Crippen LogP contribution is 2.23.